The fourth-order valence-corrected chi connectivity index (χ4v) is 2.20. The molecule has 1 saturated heterocycles. The summed E-state index contributed by atoms with van der Waals surface area (Å²) >= 11 is 0. The number of hydrogen-bond acceptors (Lipinski definition) is 3. The number of rotatable bonds is 4. The molecule has 1 fully saturated rings. The van der Waals surface area contributed by atoms with E-state index in [1.165, 1.54) is 6.92 Å². The maximum atomic E-state index is 11.9. The van der Waals surface area contributed by atoms with Crippen molar-refractivity contribution in [2.45, 2.75) is 39.2 Å². The summed E-state index contributed by atoms with van der Waals surface area (Å²) in [7, 11) is 0. The molecule has 0 radical (unpaired) electrons. The van der Waals surface area contributed by atoms with Crippen LogP contribution in [0.2, 0.25) is 0 Å². The maximum absolute atomic E-state index is 11.9. The van der Waals surface area contributed by atoms with Gasteiger partial charge in [-0.15, -0.1) is 0 Å². The van der Waals surface area contributed by atoms with E-state index in [1.54, 1.807) is 4.90 Å². The number of amides is 2. The lowest BCUT2D eigenvalue weighted by Gasteiger charge is -2.34. The number of piperidine rings is 1. The van der Waals surface area contributed by atoms with Gasteiger partial charge in [-0.2, -0.15) is 0 Å². The van der Waals surface area contributed by atoms with Crippen LogP contribution in [0, 0.1) is 11.8 Å². The van der Waals surface area contributed by atoms with Crippen LogP contribution in [0.3, 0.4) is 0 Å². The molecule has 1 unspecified atom stereocenters. The van der Waals surface area contributed by atoms with Gasteiger partial charge in [0.1, 0.15) is 0 Å². The van der Waals surface area contributed by atoms with Gasteiger partial charge in [0, 0.05) is 13.1 Å². The zero-order valence-electron chi connectivity index (χ0n) is 11.8. The topological polar surface area (TPSA) is 89.9 Å². The molecule has 0 bridgehead atoms. The summed E-state index contributed by atoms with van der Waals surface area (Å²) in [5.74, 6) is -0.0737. The molecular formula is C13H24N2O4. The Morgan fingerprint density at radius 2 is 1.89 bits per heavy atom. The van der Waals surface area contributed by atoms with E-state index in [2.05, 4.69) is 19.2 Å². The molecule has 0 aromatic rings. The molecule has 110 valence electrons. The largest absolute Gasteiger partial charge is 0.479 e. The second-order valence-electron chi connectivity index (χ2n) is 5.81. The lowest BCUT2D eigenvalue weighted by molar-refractivity contribution is -0.155. The van der Waals surface area contributed by atoms with E-state index < -0.39 is 11.6 Å². The summed E-state index contributed by atoms with van der Waals surface area (Å²) in [5.41, 5.74) is -1.92. The fraction of sp³-hybridized carbons (Fsp3) is 0.846. The molecule has 0 spiro atoms. The minimum Gasteiger partial charge on any atom is -0.479 e. The Morgan fingerprint density at radius 3 is 2.32 bits per heavy atom. The van der Waals surface area contributed by atoms with Crippen LogP contribution in [0.1, 0.15) is 33.6 Å². The molecule has 2 amide bonds. The fourth-order valence-electron chi connectivity index (χ4n) is 2.20. The normalized spacial score (nSPS) is 20.2. The van der Waals surface area contributed by atoms with Crippen molar-refractivity contribution in [1.82, 2.24) is 10.2 Å². The minimum absolute atomic E-state index is 0.286. The highest BCUT2D eigenvalue weighted by molar-refractivity contribution is 5.79. The van der Waals surface area contributed by atoms with Crippen molar-refractivity contribution in [3.8, 4) is 0 Å². The maximum Gasteiger partial charge on any atom is 0.337 e. The first-order valence-electron chi connectivity index (χ1n) is 6.72. The lowest BCUT2D eigenvalue weighted by atomic mass is 9.87. The van der Waals surface area contributed by atoms with Crippen molar-refractivity contribution in [3.63, 3.8) is 0 Å². The number of nitrogens with zero attached hydrogens (tertiary/aromatic N) is 1. The summed E-state index contributed by atoms with van der Waals surface area (Å²) in [6.45, 7) is 6.62. The highest BCUT2D eigenvalue weighted by Crippen LogP contribution is 2.24. The van der Waals surface area contributed by atoms with Crippen LogP contribution in [-0.2, 0) is 4.79 Å². The van der Waals surface area contributed by atoms with Crippen LogP contribution in [0.4, 0.5) is 4.79 Å². The number of urea groups is 1. The predicted molar refractivity (Wildman–Crippen MR) is 70.8 cm³/mol. The van der Waals surface area contributed by atoms with Crippen LogP contribution in [0.15, 0.2) is 0 Å². The molecule has 0 aliphatic carbocycles. The Kier molecular flexibility index (Phi) is 5.17. The predicted octanol–water partition coefficient (Wildman–Crippen LogP) is 0.900. The first-order valence-corrected chi connectivity index (χ1v) is 6.72. The summed E-state index contributed by atoms with van der Waals surface area (Å²) < 4.78 is 0. The van der Waals surface area contributed by atoms with Gasteiger partial charge in [0.05, 0.1) is 6.54 Å². The SMILES string of the molecule is CC(C)C1CCN(C(=O)NCC(C)(O)C(=O)O)CC1. The van der Waals surface area contributed by atoms with Gasteiger partial charge in [0.15, 0.2) is 5.60 Å². The standard InChI is InChI=1S/C13H24N2O4/c1-9(2)10-4-6-15(7-5-10)12(18)14-8-13(3,19)11(16)17/h9-10,19H,4-8H2,1-3H3,(H,14,18)(H,16,17). The molecule has 1 atom stereocenters. The van der Waals surface area contributed by atoms with Gasteiger partial charge in [-0.05, 0) is 31.6 Å². The number of aliphatic carboxylic acids is 1. The third-order valence-corrected chi connectivity index (χ3v) is 3.81. The van der Waals surface area contributed by atoms with E-state index in [4.69, 9.17) is 5.11 Å². The third kappa shape index (κ3) is 4.38. The minimum atomic E-state index is -1.92. The number of nitrogens with one attached hydrogen (secondary N) is 1. The molecular weight excluding hydrogens is 248 g/mol. The molecule has 0 aromatic heterocycles. The molecule has 1 aliphatic rings. The number of carbonyl (C=O) groups excluding carboxylic acids is 1. The number of carboxylic acid groups (broad SMARTS) is 1. The first-order chi connectivity index (χ1) is 8.74. The molecule has 6 heteroatoms. The molecule has 19 heavy (non-hydrogen) atoms. The zero-order chi connectivity index (χ0) is 14.6. The highest BCUT2D eigenvalue weighted by atomic mass is 16.4. The number of likely N-dealkylation sites (tertiary alicyclic amines) is 1. The van der Waals surface area contributed by atoms with Gasteiger partial charge in [-0.1, -0.05) is 13.8 Å². The summed E-state index contributed by atoms with van der Waals surface area (Å²) in [5, 5.41) is 20.7. The summed E-state index contributed by atoms with van der Waals surface area (Å²) in [6, 6.07) is -0.302. The number of carboxylic acids is 1. The first kappa shape index (κ1) is 15.8. The number of hydrogen-bond donors (Lipinski definition) is 3. The van der Waals surface area contributed by atoms with Crippen LogP contribution in [0.5, 0.6) is 0 Å². The average molecular weight is 272 g/mol. The van der Waals surface area contributed by atoms with Gasteiger partial charge in [0.2, 0.25) is 0 Å². The Balaban J connectivity index is 2.38. The Morgan fingerprint density at radius 1 is 1.37 bits per heavy atom. The molecule has 1 heterocycles. The van der Waals surface area contributed by atoms with E-state index in [-0.39, 0.29) is 12.6 Å². The molecule has 0 saturated carbocycles. The van der Waals surface area contributed by atoms with E-state index >= 15 is 0 Å². The molecule has 3 N–H and O–H groups in total. The number of aliphatic hydroxyl groups is 1. The van der Waals surface area contributed by atoms with Crippen LogP contribution in [0.25, 0.3) is 0 Å². The van der Waals surface area contributed by atoms with Gasteiger partial charge in [0.25, 0.3) is 0 Å². The summed E-state index contributed by atoms with van der Waals surface area (Å²) in [4.78, 5) is 24.2. The highest BCUT2D eigenvalue weighted by Gasteiger charge is 2.31. The van der Waals surface area contributed by atoms with Crippen LogP contribution < -0.4 is 5.32 Å². The quantitative estimate of drug-likeness (QED) is 0.709. The van der Waals surface area contributed by atoms with Crippen molar-refractivity contribution in [2.24, 2.45) is 11.8 Å². The van der Waals surface area contributed by atoms with Gasteiger partial charge in [-0.3, -0.25) is 0 Å². The van der Waals surface area contributed by atoms with Crippen molar-refractivity contribution in [2.75, 3.05) is 19.6 Å². The molecule has 6 nitrogen and oxygen atoms in total. The van der Waals surface area contributed by atoms with Crippen LogP contribution >= 0.6 is 0 Å². The van der Waals surface area contributed by atoms with Crippen molar-refractivity contribution in [3.05, 3.63) is 0 Å². The van der Waals surface area contributed by atoms with Gasteiger partial charge >= 0.3 is 12.0 Å². The van der Waals surface area contributed by atoms with Crippen molar-refractivity contribution in [1.29, 1.82) is 0 Å². The molecule has 0 aromatic carbocycles. The second-order valence-corrected chi connectivity index (χ2v) is 5.81. The molecule has 1 rings (SSSR count). The molecule has 1 aliphatic heterocycles. The Bertz CT molecular complexity index is 334. The van der Waals surface area contributed by atoms with E-state index in [1.807, 2.05) is 0 Å². The van der Waals surface area contributed by atoms with Crippen molar-refractivity contribution >= 4 is 12.0 Å². The Hall–Kier alpha value is -1.30. The van der Waals surface area contributed by atoms with Crippen LogP contribution in [-0.4, -0.2) is 52.3 Å². The smallest absolute Gasteiger partial charge is 0.337 e. The third-order valence-electron chi connectivity index (χ3n) is 3.81. The number of carbonyl (C=O) groups is 2. The monoisotopic (exact) mass is 272 g/mol. The van der Waals surface area contributed by atoms with Crippen molar-refractivity contribution < 1.29 is 19.8 Å². The Labute approximate surface area is 113 Å². The van der Waals surface area contributed by atoms with E-state index in [9.17, 15) is 14.7 Å². The lowest BCUT2D eigenvalue weighted by Crippen LogP contribution is -2.51. The van der Waals surface area contributed by atoms with E-state index in [0.29, 0.717) is 24.9 Å². The van der Waals surface area contributed by atoms with Gasteiger partial charge < -0.3 is 20.4 Å². The second kappa shape index (κ2) is 6.23. The summed E-state index contributed by atoms with van der Waals surface area (Å²) in [6.07, 6.45) is 1.95. The van der Waals surface area contributed by atoms with E-state index in [0.717, 1.165) is 12.8 Å². The zero-order valence-corrected chi connectivity index (χ0v) is 11.8. The van der Waals surface area contributed by atoms with Gasteiger partial charge in [-0.25, -0.2) is 9.59 Å². The average Bonchev–Trinajstić information content (AvgIpc) is 2.36.